The highest BCUT2D eigenvalue weighted by atomic mass is 15.2. The van der Waals surface area contributed by atoms with Crippen LogP contribution in [0.2, 0.25) is 0 Å². The Bertz CT molecular complexity index is 249. The predicted octanol–water partition coefficient (Wildman–Crippen LogP) is 0.0198. The molecule has 1 saturated carbocycles. The molecular formula is C7H12N4. The summed E-state index contributed by atoms with van der Waals surface area (Å²) in [7, 11) is 1.97. The monoisotopic (exact) mass is 152 g/mol. The normalized spacial score (nSPS) is 30.0. The molecule has 2 rings (SSSR count). The van der Waals surface area contributed by atoms with Crippen molar-refractivity contribution >= 4 is 0 Å². The van der Waals surface area contributed by atoms with Crippen molar-refractivity contribution in [1.29, 1.82) is 0 Å². The number of nitrogens with two attached hydrogens (primary N) is 1. The lowest BCUT2D eigenvalue weighted by Gasteiger charge is -2.31. The third-order valence-corrected chi connectivity index (χ3v) is 2.29. The Morgan fingerprint density at radius 3 is 2.82 bits per heavy atom. The average molecular weight is 152 g/mol. The molecule has 0 spiro atoms. The van der Waals surface area contributed by atoms with E-state index in [0.29, 0.717) is 12.0 Å². The van der Waals surface area contributed by atoms with Gasteiger partial charge >= 0.3 is 0 Å². The molecule has 1 heterocycles. The molecule has 0 bridgehead atoms. The lowest BCUT2D eigenvalue weighted by molar-refractivity contribution is 0.332. The second-order valence-electron chi connectivity index (χ2n) is 3.23. The van der Waals surface area contributed by atoms with E-state index in [4.69, 9.17) is 5.73 Å². The van der Waals surface area contributed by atoms with Gasteiger partial charge < -0.3 is 10.3 Å². The Balaban J connectivity index is 2.12. The summed E-state index contributed by atoms with van der Waals surface area (Å²) >= 11 is 0. The highest BCUT2D eigenvalue weighted by Gasteiger charge is 2.30. The van der Waals surface area contributed by atoms with Crippen molar-refractivity contribution in [2.24, 2.45) is 12.8 Å². The Morgan fingerprint density at radius 1 is 1.64 bits per heavy atom. The number of nitrogens with zero attached hydrogens (tertiary/aromatic N) is 3. The quantitative estimate of drug-likeness (QED) is 0.617. The first-order valence-electron chi connectivity index (χ1n) is 3.87. The molecule has 1 aliphatic rings. The molecule has 0 aromatic carbocycles. The van der Waals surface area contributed by atoms with Gasteiger partial charge in [0.15, 0.2) is 0 Å². The second-order valence-corrected chi connectivity index (χ2v) is 3.23. The zero-order valence-corrected chi connectivity index (χ0v) is 6.57. The smallest absolute Gasteiger partial charge is 0.135 e. The van der Waals surface area contributed by atoms with Crippen molar-refractivity contribution < 1.29 is 0 Å². The fourth-order valence-electron chi connectivity index (χ4n) is 1.53. The molecule has 0 unspecified atom stereocenters. The second kappa shape index (κ2) is 2.30. The van der Waals surface area contributed by atoms with Crippen LogP contribution in [0.15, 0.2) is 6.33 Å². The molecule has 0 atom stereocenters. The highest BCUT2D eigenvalue weighted by molar-refractivity contribution is 5.04. The molecule has 0 saturated heterocycles. The maximum atomic E-state index is 5.67. The van der Waals surface area contributed by atoms with Gasteiger partial charge in [-0.1, -0.05) is 0 Å². The van der Waals surface area contributed by atoms with Gasteiger partial charge in [0.1, 0.15) is 12.2 Å². The molecule has 0 amide bonds. The maximum Gasteiger partial charge on any atom is 0.135 e. The van der Waals surface area contributed by atoms with Crippen LogP contribution < -0.4 is 5.73 Å². The van der Waals surface area contributed by atoms with Gasteiger partial charge in [0.05, 0.1) is 0 Å². The predicted molar refractivity (Wildman–Crippen MR) is 41.0 cm³/mol. The molecule has 4 nitrogen and oxygen atoms in total. The molecule has 0 radical (unpaired) electrons. The van der Waals surface area contributed by atoms with Crippen molar-refractivity contribution in [1.82, 2.24) is 14.8 Å². The Kier molecular flexibility index (Phi) is 1.42. The lowest BCUT2D eigenvalue weighted by Crippen LogP contribution is -2.35. The fourth-order valence-corrected chi connectivity index (χ4v) is 1.53. The minimum Gasteiger partial charge on any atom is -0.328 e. The first-order valence-corrected chi connectivity index (χ1v) is 3.87. The van der Waals surface area contributed by atoms with E-state index in [-0.39, 0.29) is 0 Å². The number of aromatic nitrogens is 3. The summed E-state index contributed by atoms with van der Waals surface area (Å²) in [6, 6.07) is 0.386. The van der Waals surface area contributed by atoms with Gasteiger partial charge in [-0.3, -0.25) is 0 Å². The van der Waals surface area contributed by atoms with Crippen molar-refractivity contribution in [3.8, 4) is 0 Å². The van der Waals surface area contributed by atoms with Crippen molar-refractivity contribution in [3.05, 3.63) is 12.2 Å². The molecule has 2 N–H and O–H groups in total. The zero-order valence-electron chi connectivity index (χ0n) is 6.57. The average Bonchev–Trinajstić information content (AvgIpc) is 2.29. The first-order chi connectivity index (χ1) is 5.27. The topological polar surface area (TPSA) is 56.7 Å². The van der Waals surface area contributed by atoms with Crippen LogP contribution in [-0.4, -0.2) is 20.8 Å². The van der Waals surface area contributed by atoms with E-state index in [0.717, 1.165) is 18.7 Å². The van der Waals surface area contributed by atoms with Crippen LogP contribution in [0.4, 0.5) is 0 Å². The first kappa shape index (κ1) is 6.79. The molecule has 11 heavy (non-hydrogen) atoms. The minimum absolute atomic E-state index is 0.386. The van der Waals surface area contributed by atoms with E-state index < -0.39 is 0 Å². The van der Waals surface area contributed by atoms with Crippen LogP contribution in [0, 0.1) is 0 Å². The summed E-state index contributed by atoms with van der Waals surface area (Å²) in [6.07, 6.45) is 3.86. The fraction of sp³-hybridized carbons (Fsp3) is 0.714. The van der Waals surface area contributed by atoms with Crippen LogP contribution in [0.25, 0.3) is 0 Å². The SMILES string of the molecule is Cn1cnnc1C1CC(N)C1. The van der Waals surface area contributed by atoms with Crippen molar-refractivity contribution in [2.45, 2.75) is 24.8 Å². The minimum atomic E-state index is 0.386. The van der Waals surface area contributed by atoms with E-state index >= 15 is 0 Å². The summed E-state index contributed by atoms with van der Waals surface area (Å²) in [5.74, 6) is 1.63. The number of rotatable bonds is 1. The number of aryl methyl sites for hydroxylation is 1. The van der Waals surface area contributed by atoms with E-state index in [2.05, 4.69) is 10.2 Å². The molecule has 0 aliphatic heterocycles. The van der Waals surface area contributed by atoms with Gasteiger partial charge in [-0.05, 0) is 12.8 Å². The van der Waals surface area contributed by atoms with Gasteiger partial charge in [0.2, 0.25) is 0 Å². The standard InChI is InChI=1S/C7H12N4/c1-11-4-9-10-7(11)5-2-6(8)3-5/h4-6H,2-3,8H2,1H3. The Morgan fingerprint density at radius 2 is 2.36 bits per heavy atom. The number of hydrogen-bond donors (Lipinski definition) is 1. The van der Waals surface area contributed by atoms with Crippen molar-refractivity contribution in [2.75, 3.05) is 0 Å². The van der Waals surface area contributed by atoms with Gasteiger partial charge in [-0.2, -0.15) is 0 Å². The van der Waals surface area contributed by atoms with Crippen molar-refractivity contribution in [3.63, 3.8) is 0 Å². The Labute approximate surface area is 65.4 Å². The summed E-state index contributed by atoms with van der Waals surface area (Å²) in [5, 5.41) is 7.85. The lowest BCUT2D eigenvalue weighted by atomic mass is 9.80. The van der Waals surface area contributed by atoms with Crippen LogP contribution in [0.1, 0.15) is 24.6 Å². The van der Waals surface area contributed by atoms with Gasteiger partial charge in [-0.25, -0.2) is 0 Å². The summed E-state index contributed by atoms with van der Waals surface area (Å²) in [6.45, 7) is 0. The molecule has 60 valence electrons. The third-order valence-electron chi connectivity index (χ3n) is 2.29. The molecule has 1 fully saturated rings. The summed E-state index contributed by atoms with van der Waals surface area (Å²) < 4.78 is 1.97. The largest absolute Gasteiger partial charge is 0.328 e. The van der Waals surface area contributed by atoms with E-state index in [9.17, 15) is 0 Å². The molecule has 1 aromatic heterocycles. The molecule has 4 heteroatoms. The van der Waals surface area contributed by atoms with E-state index in [1.165, 1.54) is 0 Å². The van der Waals surface area contributed by atoms with E-state index in [1.54, 1.807) is 6.33 Å². The van der Waals surface area contributed by atoms with Crippen LogP contribution in [0.3, 0.4) is 0 Å². The molecule has 1 aliphatic carbocycles. The van der Waals surface area contributed by atoms with Crippen LogP contribution in [0.5, 0.6) is 0 Å². The van der Waals surface area contributed by atoms with Crippen LogP contribution in [-0.2, 0) is 7.05 Å². The summed E-state index contributed by atoms with van der Waals surface area (Å²) in [5.41, 5.74) is 5.67. The highest BCUT2D eigenvalue weighted by Crippen LogP contribution is 2.33. The Hall–Kier alpha value is -0.900. The molecular weight excluding hydrogens is 140 g/mol. The van der Waals surface area contributed by atoms with Gasteiger partial charge in [-0.15, -0.1) is 10.2 Å². The zero-order chi connectivity index (χ0) is 7.84. The van der Waals surface area contributed by atoms with Gasteiger partial charge in [0, 0.05) is 19.0 Å². The van der Waals surface area contributed by atoms with E-state index in [1.807, 2.05) is 11.6 Å². The molecule has 1 aromatic rings. The van der Waals surface area contributed by atoms with Gasteiger partial charge in [0.25, 0.3) is 0 Å². The number of hydrogen-bond acceptors (Lipinski definition) is 3. The third kappa shape index (κ3) is 1.03. The summed E-state index contributed by atoms with van der Waals surface area (Å²) in [4.78, 5) is 0. The maximum absolute atomic E-state index is 5.67. The van der Waals surface area contributed by atoms with Crippen LogP contribution >= 0.6 is 0 Å².